The average Bonchev–Trinajstić information content (AvgIpc) is 2.18. The van der Waals surface area contributed by atoms with Crippen molar-refractivity contribution in [1.82, 2.24) is 4.98 Å². The van der Waals surface area contributed by atoms with Crippen LogP contribution >= 0.6 is 0 Å². The third-order valence-corrected chi connectivity index (χ3v) is 2.03. The normalized spacial score (nSPS) is 10.5. The van der Waals surface area contributed by atoms with Crippen molar-refractivity contribution in [1.29, 1.82) is 0 Å². The summed E-state index contributed by atoms with van der Waals surface area (Å²) < 4.78 is 0. The molecule has 1 aromatic heterocycles. The predicted molar refractivity (Wildman–Crippen MR) is 54.0 cm³/mol. The van der Waals surface area contributed by atoms with Gasteiger partial charge in [0, 0.05) is 11.9 Å². The van der Waals surface area contributed by atoms with Gasteiger partial charge in [0.1, 0.15) is 5.82 Å². The molecule has 0 aliphatic rings. The number of benzene rings is 1. The molecular formula is C10H11N3. The Bertz CT molecular complexity index is 437. The number of anilines is 1. The lowest BCUT2D eigenvalue weighted by Crippen LogP contribution is -2.02. The van der Waals surface area contributed by atoms with E-state index in [1.165, 1.54) is 0 Å². The Balaban J connectivity index is 2.77. The van der Waals surface area contributed by atoms with E-state index < -0.39 is 0 Å². The maximum absolute atomic E-state index is 5.77. The Morgan fingerprint density at radius 1 is 1.23 bits per heavy atom. The topological polar surface area (TPSA) is 64.9 Å². The number of rotatable bonds is 1. The Labute approximate surface area is 76.4 Å². The minimum atomic E-state index is 0.426. The molecule has 4 N–H and O–H groups in total. The molecule has 0 fully saturated rings. The number of hydrogen-bond donors (Lipinski definition) is 2. The summed E-state index contributed by atoms with van der Waals surface area (Å²) in [4.78, 5) is 4.17. The van der Waals surface area contributed by atoms with Gasteiger partial charge in [-0.2, -0.15) is 0 Å². The fourth-order valence-corrected chi connectivity index (χ4v) is 1.39. The Morgan fingerprint density at radius 3 is 2.77 bits per heavy atom. The van der Waals surface area contributed by atoms with Crippen LogP contribution in [0.15, 0.2) is 30.3 Å². The highest BCUT2D eigenvalue weighted by atomic mass is 14.9. The summed E-state index contributed by atoms with van der Waals surface area (Å²) >= 11 is 0. The van der Waals surface area contributed by atoms with Crippen LogP contribution in [0.1, 0.15) is 5.69 Å². The summed E-state index contributed by atoms with van der Waals surface area (Å²) in [5.74, 6) is 0.554. The predicted octanol–water partition coefficient (Wildman–Crippen LogP) is 1.28. The summed E-state index contributed by atoms with van der Waals surface area (Å²) in [6, 6.07) is 9.85. The molecule has 2 rings (SSSR count). The number of nitrogen functional groups attached to an aromatic ring is 1. The van der Waals surface area contributed by atoms with Gasteiger partial charge >= 0.3 is 0 Å². The van der Waals surface area contributed by atoms with E-state index >= 15 is 0 Å². The van der Waals surface area contributed by atoms with Gasteiger partial charge in [-0.3, -0.25) is 0 Å². The molecule has 0 aliphatic carbocycles. The van der Waals surface area contributed by atoms with Crippen LogP contribution in [0.5, 0.6) is 0 Å². The zero-order chi connectivity index (χ0) is 9.26. The second-order valence-electron chi connectivity index (χ2n) is 2.92. The molecule has 3 heteroatoms. The van der Waals surface area contributed by atoms with Gasteiger partial charge in [-0.15, -0.1) is 0 Å². The van der Waals surface area contributed by atoms with Crippen molar-refractivity contribution in [2.75, 3.05) is 5.73 Å². The minimum Gasteiger partial charge on any atom is -0.383 e. The standard InChI is InChI=1S/C10H11N3/c11-6-8-5-7-3-1-2-4-9(7)10(12)13-8/h1-5H,6,11H2,(H2,12,13). The van der Waals surface area contributed by atoms with Crippen LogP contribution in [0.4, 0.5) is 5.82 Å². The fraction of sp³-hybridized carbons (Fsp3) is 0.100. The molecule has 2 aromatic rings. The zero-order valence-electron chi connectivity index (χ0n) is 7.20. The first-order chi connectivity index (χ1) is 6.31. The largest absolute Gasteiger partial charge is 0.383 e. The Kier molecular flexibility index (Phi) is 1.87. The minimum absolute atomic E-state index is 0.426. The number of fused-ring (bicyclic) bond motifs is 1. The average molecular weight is 173 g/mol. The lowest BCUT2D eigenvalue weighted by molar-refractivity contribution is 1.00. The van der Waals surface area contributed by atoms with Crippen molar-refractivity contribution in [3.05, 3.63) is 36.0 Å². The number of aromatic nitrogens is 1. The highest BCUT2D eigenvalue weighted by molar-refractivity contribution is 5.91. The summed E-state index contributed by atoms with van der Waals surface area (Å²) in [6.45, 7) is 0.426. The quantitative estimate of drug-likeness (QED) is 0.682. The number of nitrogens with zero attached hydrogens (tertiary/aromatic N) is 1. The highest BCUT2D eigenvalue weighted by Gasteiger charge is 2.00. The van der Waals surface area contributed by atoms with Crippen LogP contribution in [0, 0.1) is 0 Å². The lowest BCUT2D eigenvalue weighted by Gasteiger charge is -2.03. The molecular weight excluding hydrogens is 162 g/mol. The van der Waals surface area contributed by atoms with Crippen molar-refractivity contribution in [3.63, 3.8) is 0 Å². The van der Waals surface area contributed by atoms with Gasteiger partial charge in [-0.25, -0.2) is 4.98 Å². The fourth-order valence-electron chi connectivity index (χ4n) is 1.39. The molecule has 1 heterocycles. The molecule has 0 unspecified atom stereocenters. The molecule has 0 spiro atoms. The lowest BCUT2D eigenvalue weighted by atomic mass is 10.1. The van der Waals surface area contributed by atoms with Gasteiger partial charge < -0.3 is 11.5 Å². The van der Waals surface area contributed by atoms with E-state index in [1.807, 2.05) is 30.3 Å². The second-order valence-corrected chi connectivity index (χ2v) is 2.92. The molecule has 1 aromatic carbocycles. The van der Waals surface area contributed by atoms with Crippen LogP contribution < -0.4 is 11.5 Å². The maximum atomic E-state index is 5.77. The molecule has 66 valence electrons. The maximum Gasteiger partial charge on any atom is 0.131 e. The summed E-state index contributed by atoms with van der Waals surface area (Å²) in [7, 11) is 0. The molecule has 0 saturated heterocycles. The smallest absolute Gasteiger partial charge is 0.131 e. The van der Waals surface area contributed by atoms with Crippen LogP contribution in [-0.4, -0.2) is 4.98 Å². The highest BCUT2D eigenvalue weighted by Crippen LogP contribution is 2.19. The van der Waals surface area contributed by atoms with Crippen molar-refractivity contribution >= 4 is 16.6 Å². The second kappa shape index (κ2) is 3.03. The molecule has 3 nitrogen and oxygen atoms in total. The summed E-state index contributed by atoms with van der Waals surface area (Å²) in [5, 5.41) is 2.08. The van der Waals surface area contributed by atoms with Crippen LogP contribution in [-0.2, 0) is 6.54 Å². The monoisotopic (exact) mass is 173 g/mol. The number of hydrogen-bond acceptors (Lipinski definition) is 3. The van der Waals surface area contributed by atoms with Gasteiger partial charge in [0.05, 0.1) is 5.69 Å². The number of pyridine rings is 1. The molecule has 0 radical (unpaired) electrons. The molecule has 0 aliphatic heterocycles. The van der Waals surface area contributed by atoms with Crippen molar-refractivity contribution in [2.24, 2.45) is 5.73 Å². The zero-order valence-corrected chi connectivity index (χ0v) is 7.20. The molecule has 0 saturated carbocycles. The van der Waals surface area contributed by atoms with E-state index in [2.05, 4.69) is 4.98 Å². The van der Waals surface area contributed by atoms with Crippen LogP contribution in [0.2, 0.25) is 0 Å². The molecule has 0 amide bonds. The summed E-state index contributed by atoms with van der Waals surface area (Å²) in [6.07, 6.45) is 0. The molecule has 0 bridgehead atoms. The molecule has 0 atom stereocenters. The van der Waals surface area contributed by atoms with Gasteiger partial charge in [-0.1, -0.05) is 24.3 Å². The third kappa shape index (κ3) is 1.34. The van der Waals surface area contributed by atoms with E-state index in [9.17, 15) is 0 Å². The SMILES string of the molecule is NCc1cc2ccccc2c(N)n1. The summed E-state index contributed by atoms with van der Waals surface area (Å²) in [5.41, 5.74) is 12.1. The van der Waals surface area contributed by atoms with E-state index in [0.29, 0.717) is 12.4 Å². The van der Waals surface area contributed by atoms with Gasteiger partial charge in [0.2, 0.25) is 0 Å². The Morgan fingerprint density at radius 2 is 2.00 bits per heavy atom. The van der Waals surface area contributed by atoms with Gasteiger partial charge in [0.15, 0.2) is 0 Å². The van der Waals surface area contributed by atoms with Crippen molar-refractivity contribution in [3.8, 4) is 0 Å². The van der Waals surface area contributed by atoms with Crippen LogP contribution in [0.3, 0.4) is 0 Å². The third-order valence-electron chi connectivity index (χ3n) is 2.03. The van der Waals surface area contributed by atoms with Gasteiger partial charge in [-0.05, 0) is 11.5 Å². The van der Waals surface area contributed by atoms with Gasteiger partial charge in [0.25, 0.3) is 0 Å². The first kappa shape index (κ1) is 8.01. The van der Waals surface area contributed by atoms with E-state index in [4.69, 9.17) is 11.5 Å². The first-order valence-corrected chi connectivity index (χ1v) is 4.15. The Hall–Kier alpha value is -1.61. The van der Waals surface area contributed by atoms with Crippen LogP contribution in [0.25, 0.3) is 10.8 Å². The van der Waals surface area contributed by atoms with Crippen molar-refractivity contribution < 1.29 is 0 Å². The molecule has 13 heavy (non-hydrogen) atoms. The van der Waals surface area contributed by atoms with E-state index in [0.717, 1.165) is 16.5 Å². The van der Waals surface area contributed by atoms with Crippen molar-refractivity contribution in [2.45, 2.75) is 6.54 Å². The number of nitrogens with two attached hydrogens (primary N) is 2. The first-order valence-electron chi connectivity index (χ1n) is 4.15. The van der Waals surface area contributed by atoms with E-state index in [1.54, 1.807) is 0 Å². The van der Waals surface area contributed by atoms with E-state index in [-0.39, 0.29) is 0 Å².